The van der Waals surface area contributed by atoms with Crippen LogP contribution in [0.15, 0.2) is 152 Å². The molecule has 0 atom stereocenters. The normalized spacial score (nSPS) is 12.1. The average Bonchev–Trinajstić information content (AvgIpc) is 3.09. The van der Waals surface area contributed by atoms with E-state index in [-0.39, 0.29) is 0 Å². The van der Waals surface area contributed by atoms with Gasteiger partial charge in [0.25, 0.3) is 0 Å². The lowest BCUT2D eigenvalue weighted by Gasteiger charge is -2.17. The first-order valence-electron chi connectivity index (χ1n) is 15.2. The summed E-state index contributed by atoms with van der Waals surface area (Å²) in [6.45, 7) is 0. The highest BCUT2D eigenvalue weighted by molar-refractivity contribution is 6.27. The van der Waals surface area contributed by atoms with Crippen LogP contribution in [0.25, 0.3) is 97.9 Å². The van der Waals surface area contributed by atoms with Gasteiger partial charge >= 0.3 is 0 Å². The van der Waals surface area contributed by atoms with Crippen LogP contribution in [0.5, 0.6) is 0 Å². The molecule has 10 aromatic rings. The van der Waals surface area contributed by atoms with E-state index in [1.165, 1.54) is 86.9 Å². The van der Waals surface area contributed by atoms with E-state index in [0.29, 0.717) is 0 Å². The third-order valence-corrected chi connectivity index (χ3v) is 9.55. The zero-order valence-corrected chi connectivity index (χ0v) is 23.9. The molecule has 1 heteroatoms. The Kier molecular flexibility index (Phi) is 4.78. The molecule has 0 aliphatic carbocycles. The zero-order chi connectivity index (χ0) is 28.8. The molecule has 0 aliphatic heterocycles. The highest BCUT2D eigenvalue weighted by atomic mass is 14.7. The molecule has 44 heavy (non-hydrogen) atoms. The van der Waals surface area contributed by atoms with Crippen LogP contribution in [-0.4, -0.2) is 4.98 Å². The van der Waals surface area contributed by atoms with Gasteiger partial charge in [0.05, 0.1) is 11.0 Å². The van der Waals surface area contributed by atoms with E-state index < -0.39 is 0 Å². The maximum atomic E-state index is 5.23. The molecule has 0 saturated carbocycles. The number of hydrogen-bond acceptors (Lipinski definition) is 1. The lowest BCUT2D eigenvalue weighted by molar-refractivity contribution is 1.51. The fraction of sp³-hybridized carbons (Fsp3) is 0. The average molecular weight is 556 g/mol. The minimum Gasteiger partial charge on any atom is -0.248 e. The van der Waals surface area contributed by atoms with Gasteiger partial charge in [-0.1, -0.05) is 133 Å². The topological polar surface area (TPSA) is 12.9 Å². The van der Waals surface area contributed by atoms with E-state index in [2.05, 4.69) is 152 Å². The molecular weight excluding hydrogens is 530 g/mol. The zero-order valence-electron chi connectivity index (χ0n) is 23.9. The second-order valence-corrected chi connectivity index (χ2v) is 11.9. The number of nitrogens with zero attached hydrogens (tertiary/aromatic N) is 1. The first-order valence-corrected chi connectivity index (χ1v) is 15.2. The minimum absolute atomic E-state index is 1.02. The minimum atomic E-state index is 1.02. The van der Waals surface area contributed by atoms with Crippen LogP contribution in [0.3, 0.4) is 0 Å². The van der Waals surface area contributed by atoms with Crippen LogP contribution in [0.1, 0.15) is 0 Å². The maximum Gasteiger partial charge on any atom is 0.0722 e. The standard InChI is InChI=1S/C43H25N/c1-3-13-34-26(7-1)19-23-37-42(34)41(43-35-14-4-2-8-27(35)20-24-38(43)44-37)32-12-6-11-31(25-32)33-21-17-30-16-15-28-9-5-10-29-18-22-36(33)40(30)39(28)29/h1-25H. The van der Waals surface area contributed by atoms with Crippen molar-refractivity contribution in [2.75, 3.05) is 0 Å². The van der Waals surface area contributed by atoms with Crippen LogP contribution < -0.4 is 0 Å². The van der Waals surface area contributed by atoms with E-state index in [1.54, 1.807) is 0 Å². The molecule has 9 aromatic carbocycles. The Morgan fingerprint density at radius 1 is 0.318 bits per heavy atom. The Labute approximate surface area is 254 Å². The molecule has 0 unspecified atom stereocenters. The summed E-state index contributed by atoms with van der Waals surface area (Å²) >= 11 is 0. The van der Waals surface area contributed by atoms with Gasteiger partial charge in [-0.05, 0) is 88.8 Å². The van der Waals surface area contributed by atoms with Crippen molar-refractivity contribution >= 4 is 75.7 Å². The first-order chi connectivity index (χ1) is 21.8. The molecule has 0 bridgehead atoms. The molecule has 0 spiro atoms. The van der Waals surface area contributed by atoms with Gasteiger partial charge in [0.15, 0.2) is 0 Å². The van der Waals surface area contributed by atoms with Crippen molar-refractivity contribution in [2.24, 2.45) is 0 Å². The summed E-state index contributed by atoms with van der Waals surface area (Å²) in [6, 6.07) is 55.6. The molecule has 0 fully saturated rings. The third-order valence-electron chi connectivity index (χ3n) is 9.55. The summed E-state index contributed by atoms with van der Waals surface area (Å²) in [5.41, 5.74) is 6.98. The van der Waals surface area contributed by atoms with Gasteiger partial charge < -0.3 is 0 Å². The molecule has 202 valence electrons. The van der Waals surface area contributed by atoms with Gasteiger partial charge in [0.2, 0.25) is 0 Å². The lowest BCUT2D eigenvalue weighted by atomic mass is 9.87. The summed E-state index contributed by atoms with van der Waals surface area (Å²) < 4.78 is 0. The highest BCUT2D eigenvalue weighted by Crippen LogP contribution is 2.44. The van der Waals surface area contributed by atoms with Gasteiger partial charge in [-0.3, -0.25) is 0 Å². The van der Waals surface area contributed by atoms with E-state index in [1.807, 2.05) is 0 Å². The molecule has 1 heterocycles. The Hall–Kier alpha value is -5.79. The number of benzene rings is 9. The molecule has 0 saturated heterocycles. The van der Waals surface area contributed by atoms with Crippen molar-refractivity contribution < 1.29 is 0 Å². The Bertz CT molecular complexity index is 2660. The molecule has 0 amide bonds. The quantitative estimate of drug-likeness (QED) is 0.153. The first kappa shape index (κ1) is 23.7. The van der Waals surface area contributed by atoms with Crippen LogP contribution in [0.4, 0.5) is 0 Å². The van der Waals surface area contributed by atoms with Crippen LogP contribution in [-0.2, 0) is 0 Å². The number of pyridine rings is 1. The lowest BCUT2D eigenvalue weighted by Crippen LogP contribution is -1.93. The molecule has 1 aromatic heterocycles. The SMILES string of the molecule is c1cc(-c2ccc3ccc4cccc5ccc2c3c45)cc(-c2c3c(ccc4ccccc43)nc3ccc4ccccc4c23)c1. The van der Waals surface area contributed by atoms with Crippen molar-refractivity contribution in [3.05, 3.63) is 152 Å². The molecule has 0 aliphatic rings. The van der Waals surface area contributed by atoms with Crippen molar-refractivity contribution in [1.29, 1.82) is 0 Å². The van der Waals surface area contributed by atoms with E-state index in [9.17, 15) is 0 Å². The number of hydrogen-bond donors (Lipinski definition) is 0. The number of rotatable bonds is 2. The molecule has 0 radical (unpaired) electrons. The molecule has 0 N–H and O–H groups in total. The Morgan fingerprint density at radius 2 is 0.841 bits per heavy atom. The predicted molar refractivity (Wildman–Crippen MR) is 189 cm³/mol. The van der Waals surface area contributed by atoms with Crippen molar-refractivity contribution in [3.63, 3.8) is 0 Å². The van der Waals surface area contributed by atoms with Gasteiger partial charge in [0.1, 0.15) is 0 Å². The van der Waals surface area contributed by atoms with E-state index in [4.69, 9.17) is 4.98 Å². The predicted octanol–water partition coefficient (Wildman–Crippen LogP) is 11.9. The summed E-state index contributed by atoms with van der Waals surface area (Å²) in [5.74, 6) is 0. The van der Waals surface area contributed by atoms with Crippen molar-refractivity contribution in [3.8, 4) is 22.3 Å². The molecule has 1 nitrogen and oxygen atoms in total. The fourth-order valence-corrected chi connectivity index (χ4v) is 7.60. The number of aromatic nitrogens is 1. The Balaban J connectivity index is 1.33. The van der Waals surface area contributed by atoms with Crippen LogP contribution in [0.2, 0.25) is 0 Å². The maximum absolute atomic E-state index is 5.23. The smallest absolute Gasteiger partial charge is 0.0722 e. The fourth-order valence-electron chi connectivity index (χ4n) is 7.60. The van der Waals surface area contributed by atoms with Crippen LogP contribution in [0, 0.1) is 0 Å². The van der Waals surface area contributed by atoms with Gasteiger partial charge in [0, 0.05) is 16.3 Å². The highest BCUT2D eigenvalue weighted by Gasteiger charge is 2.18. The largest absolute Gasteiger partial charge is 0.248 e. The van der Waals surface area contributed by atoms with Gasteiger partial charge in [-0.15, -0.1) is 0 Å². The van der Waals surface area contributed by atoms with Gasteiger partial charge in [-0.2, -0.15) is 0 Å². The Morgan fingerprint density at radius 3 is 1.55 bits per heavy atom. The van der Waals surface area contributed by atoms with E-state index in [0.717, 1.165) is 11.0 Å². The summed E-state index contributed by atoms with van der Waals surface area (Å²) in [6.07, 6.45) is 0. The summed E-state index contributed by atoms with van der Waals surface area (Å²) in [7, 11) is 0. The second kappa shape index (κ2) is 8.86. The van der Waals surface area contributed by atoms with Crippen LogP contribution >= 0.6 is 0 Å². The summed E-state index contributed by atoms with van der Waals surface area (Å²) in [4.78, 5) is 5.23. The number of fused-ring (bicyclic) bond motifs is 6. The van der Waals surface area contributed by atoms with E-state index >= 15 is 0 Å². The summed E-state index contributed by atoms with van der Waals surface area (Å²) in [5, 5.41) is 15.2. The second-order valence-electron chi connectivity index (χ2n) is 11.9. The van der Waals surface area contributed by atoms with Crippen molar-refractivity contribution in [1.82, 2.24) is 4.98 Å². The third kappa shape index (κ3) is 3.27. The molecular formula is C43H25N. The van der Waals surface area contributed by atoms with Crippen molar-refractivity contribution in [2.45, 2.75) is 0 Å². The van der Waals surface area contributed by atoms with Gasteiger partial charge in [-0.25, -0.2) is 4.98 Å². The molecule has 10 rings (SSSR count). The monoisotopic (exact) mass is 555 g/mol.